The smallest absolute Gasteiger partial charge is 0.186 e. The Labute approximate surface area is 153 Å². The number of thiazole rings is 1. The highest BCUT2D eigenvalue weighted by Crippen LogP contribution is 2.42. The summed E-state index contributed by atoms with van der Waals surface area (Å²) in [7, 11) is 1.62. The molecule has 6 heteroatoms. The summed E-state index contributed by atoms with van der Waals surface area (Å²) in [6.07, 6.45) is 3.51. The van der Waals surface area contributed by atoms with Gasteiger partial charge in [-0.2, -0.15) is 0 Å². The monoisotopic (exact) mass is 366 g/mol. The zero-order valence-electron chi connectivity index (χ0n) is 13.4. The van der Waals surface area contributed by atoms with E-state index in [0.717, 1.165) is 16.3 Å². The predicted molar refractivity (Wildman–Crippen MR) is 104 cm³/mol. The number of ketones is 1. The Balaban J connectivity index is 1.83. The van der Waals surface area contributed by atoms with Crippen molar-refractivity contribution < 1.29 is 9.53 Å². The van der Waals surface area contributed by atoms with Crippen LogP contribution < -0.4 is 4.74 Å². The van der Waals surface area contributed by atoms with Gasteiger partial charge in [-0.15, -0.1) is 11.3 Å². The van der Waals surface area contributed by atoms with Crippen molar-refractivity contribution in [2.24, 2.45) is 0 Å². The summed E-state index contributed by atoms with van der Waals surface area (Å²) in [6, 6.07) is 11.9. The number of carbonyl (C=O) groups excluding carboxylic acids is 1. The molecule has 0 bridgehead atoms. The molecule has 0 saturated carbocycles. The quantitative estimate of drug-likeness (QED) is 0.681. The van der Waals surface area contributed by atoms with Gasteiger partial charge in [-0.1, -0.05) is 42.1 Å². The van der Waals surface area contributed by atoms with Gasteiger partial charge in [-0.05, 0) is 22.9 Å². The lowest BCUT2D eigenvalue weighted by atomic mass is 10.0. The van der Waals surface area contributed by atoms with Crippen LogP contribution in [0.15, 0.2) is 52.9 Å². The van der Waals surface area contributed by atoms with Gasteiger partial charge in [0.1, 0.15) is 16.7 Å². The summed E-state index contributed by atoms with van der Waals surface area (Å²) in [6.45, 7) is 0. The third-order valence-electron chi connectivity index (χ3n) is 4.11. The van der Waals surface area contributed by atoms with E-state index in [1.807, 2.05) is 47.9 Å². The number of aromatic nitrogens is 1. The molecule has 1 N–H and O–H groups in total. The summed E-state index contributed by atoms with van der Waals surface area (Å²) in [4.78, 5) is 17.6. The molecule has 25 heavy (non-hydrogen) atoms. The molecule has 1 fully saturated rings. The summed E-state index contributed by atoms with van der Waals surface area (Å²) in [5.41, 5.74) is 0.865. The zero-order valence-corrected chi connectivity index (χ0v) is 15.0. The van der Waals surface area contributed by atoms with Crippen molar-refractivity contribution in [2.75, 3.05) is 7.11 Å². The van der Waals surface area contributed by atoms with Gasteiger partial charge < -0.3 is 4.74 Å². The molecule has 1 aliphatic rings. The van der Waals surface area contributed by atoms with Crippen molar-refractivity contribution in [1.82, 2.24) is 4.98 Å². The largest absolute Gasteiger partial charge is 0.496 e. The maximum absolute atomic E-state index is 12.9. The van der Waals surface area contributed by atoms with Crippen molar-refractivity contribution in [3.05, 3.63) is 63.5 Å². The van der Waals surface area contributed by atoms with Crippen LogP contribution in [0.25, 0.3) is 16.8 Å². The number of benzene rings is 2. The second kappa shape index (κ2) is 6.46. The molecule has 2 heterocycles. The number of rotatable bonds is 3. The summed E-state index contributed by atoms with van der Waals surface area (Å²) < 4.78 is 5.50. The molecule has 0 unspecified atom stereocenters. The number of carbonyl (C=O) groups is 1. The van der Waals surface area contributed by atoms with E-state index in [1.165, 1.54) is 23.1 Å². The number of Topliss-reactive ketones (excluding diaryl/α,β-unsaturated/α-hetero) is 1. The van der Waals surface area contributed by atoms with Gasteiger partial charge in [0.25, 0.3) is 0 Å². The number of hydrogen-bond donors (Lipinski definition) is 1. The molecule has 1 saturated heterocycles. The molecule has 1 aliphatic heterocycles. The summed E-state index contributed by atoms with van der Waals surface area (Å²) in [5, 5.41) is 13.1. The molecular formula is C19H14N2O2S2. The molecule has 124 valence electrons. The normalized spacial score (nSPS) is 19.1. The Hall–Kier alpha value is -2.44. The number of methoxy groups -OCH3 is 1. The predicted octanol–water partition coefficient (Wildman–Crippen LogP) is 4.72. The van der Waals surface area contributed by atoms with Crippen LogP contribution in [0.4, 0.5) is 0 Å². The van der Waals surface area contributed by atoms with Crippen LogP contribution in [-0.4, -0.2) is 22.9 Å². The fourth-order valence-electron chi connectivity index (χ4n) is 2.92. The number of ether oxygens (including phenoxy) is 1. The van der Waals surface area contributed by atoms with Crippen LogP contribution in [-0.2, 0) is 4.79 Å². The van der Waals surface area contributed by atoms with Crippen LogP contribution >= 0.6 is 23.1 Å². The highest BCUT2D eigenvalue weighted by molar-refractivity contribution is 8.19. The molecule has 0 aliphatic carbocycles. The zero-order chi connectivity index (χ0) is 17.4. The number of nitrogens with one attached hydrogen (secondary N) is 1. The van der Waals surface area contributed by atoms with E-state index < -0.39 is 5.92 Å². The van der Waals surface area contributed by atoms with Crippen LogP contribution in [0.1, 0.15) is 16.5 Å². The standard InChI is InChI=1S/C19H14N2O2S2/c1-23-14-7-6-11-4-2-3-5-12(11)13(14)10-15-17(22)16(18(20)25-15)19-21-8-9-24-19/h2-10,16,20H,1H3/b15-10-,20-18?/t16-/m1/s1. The van der Waals surface area contributed by atoms with Gasteiger partial charge in [-0.3, -0.25) is 10.2 Å². The van der Waals surface area contributed by atoms with Gasteiger partial charge in [0, 0.05) is 17.1 Å². The molecule has 1 atom stereocenters. The molecule has 3 aromatic rings. The summed E-state index contributed by atoms with van der Waals surface area (Å²) in [5.74, 6) is 0.0704. The van der Waals surface area contributed by atoms with Crippen LogP contribution in [0.2, 0.25) is 0 Å². The average Bonchev–Trinajstić information content (AvgIpc) is 3.23. The number of nitrogens with zero attached hydrogens (tertiary/aromatic N) is 1. The molecule has 4 rings (SSSR count). The Morgan fingerprint density at radius 3 is 2.84 bits per heavy atom. The second-order valence-corrected chi connectivity index (χ2v) is 7.56. The van der Waals surface area contributed by atoms with E-state index in [9.17, 15) is 4.79 Å². The van der Waals surface area contributed by atoms with Crippen LogP contribution in [0.3, 0.4) is 0 Å². The Bertz CT molecular complexity index is 1010. The van der Waals surface area contributed by atoms with E-state index in [1.54, 1.807) is 13.3 Å². The minimum atomic E-state index is -0.572. The lowest BCUT2D eigenvalue weighted by Crippen LogP contribution is -2.11. The van der Waals surface area contributed by atoms with E-state index in [0.29, 0.717) is 20.7 Å². The fraction of sp³-hybridized carbons (Fsp3) is 0.105. The first-order valence-corrected chi connectivity index (χ1v) is 9.36. The topological polar surface area (TPSA) is 63.0 Å². The van der Waals surface area contributed by atoms with E-state index >= 15 is 0 Å². The van der Waals surface area contributed by atoms with Gasteiger partial charge >= 0.3 is 0 Å². The highest BCUT2D eigenvalue weighted by atomic mass is 32.2. The summed E-state index contributed by atoms with van der Waals surface area (Å²) >= 11 is 2.62. The average molecular weight is 366 g/mol. The maximum atomic E-state index is 12.9. The fourth-order valence-corrected chi connectivity index (χ4v) is 4.71. The van der Waals surface area contributed by atoms with Crippen molar-refractivity contribution >= 4 is 50.8 Å². The minimum absolute atomic E-state index is 0.0695. The van der Waals surface area contributed by atoms with Crippen molar-refractivity contribution in [2.45, 2.75) is 5.92 Å². The third kappa shape index (κ3) is 2.77. The van der Waals surface area contributed by atoms with Crippen molar-refractivity contribution in [3.8, 4) is 5.75 Å². The first-order chi connectivity index (χ1) is 12.2. The number of allylic oxidation sites excluding steroid dienone is 1. The number of fused-ring (bicyclic) bond motifs is 1. The van der Waals surface area contributed by atoms with E-state index in [2.05, 4.69) is 4.98 Å². The first kappa shape index (κ1) is 16.1. The Morgan fingerprint density at radius 1 is 1.24 bits per heavy atom. The molecular weight excluding hydrogens is 352 g/mol. The van der Waals surface area contributed by atoms with Crippen molar-refractivity contribution in [3.63, 3.8) is 0 Å². The third-order valence-corrected chi connectivity index (χ3v) is 5.95. The Morgan fingerprint density at radius 2 is 2.08 bits per heavy atom. The van der Waals surface area contributed by atoms with Gasteiger partial charge in [0.2, 0.25) is 0 Å². The molecule has 0 radical (unpaired) electrons. The van der Waals surface area contributed by atoms with Gasteiger partial charge in [-0.25, -0.2) is 4.98 Å². The molecule has 0 amide bonds. The van der Waals surface area contributed by atoms with Crippen LogP contribution in [0, 0.1) is 5.41 Å². The van der Waals surface area contributed by atoms with Gasteiger partial charge in [0.05, 0.1) is 17.1 Å². The van der Waals surface area contributed by atoms with E-state index in [-0.39, 0.29) is 5.78 Å². The molecule has 1 aromatic heterocycles. The van der Waals surface area contributed by atoms with Crippen LogP contribution in [0.5, 0.6) is 5.75 Å². The highest BCUT2D eigenvalue weighted by Gasteiger charge is 2.38. The van der Waals surface area contributed by atoms with Gasteiger partial charge in [0.15, 0.2) is 5.78 Å². The number of hydrogen-bond acceptors (Lipinski definition) is 6. The van der Waals surface area contributed by atoms with E-state index in [4.69, 9.17) is 10.1 Å². The molecule has 4 nitrogen and oxygen atoms in total. The number of thioether (sulfide) groups is 1. The SMILES string of the molecule is COc1ccc2ccccc2c1/C=C1\SC(=N)[C@H](c2nccs2)C1=O. The lowest BCUT2D eigenvalue weighted by Gasteiger charge is -2.09. The minimum Gasteiger partial charge on any atom is -0.496 e. The Kier molecular flexibility index (Phi) is 4.15. The molecule has 2 aromatic carbocycles. The second-order valence-electron chi connectivity index (χ2n) is 5.55. The maximum Gasteiger partial charge on any atom is 0.186 e. The molecule has 0 spiro atoms. The first-order valence-electron chi connectivity index (χ1n) is 7.66. The van der Waals surface area contributed by atoms with Crippen molar-refractivity contribution in [1.29, 1.82) is 5.41 Å². The lowest BCUT2D eigenvalue weighted by molar-refractivity contribution is -0.114.